The lowest BCUT2D eigenvalue weighted by molar-refractivity contribution is -0.155. The van der Waals surface area contributed by atoms with E-state index in [-0.39, 0.29) is 18.5 Å². The van der Waals surface area contributed by atoms with Crippen molar-refractivity contribution in [3.8, 4) is 0 Å². The van der Waals surface area contributed by atoms with Gasteiger partial charge in [0.25, 0.3) is 0 Å². The number of rotatable bonds is 40. The molecule has 53 heavy (non-hydrogen) atoms. The molecule has 0 bridgehead atoms. The second kappa shape index (κ2) is 35.3. The van der Waals surface area contributed by atoms with Gasteiger partial charge in [-0.15, -0.1) is 0 Å². The van der Waals surface area contributed by atoms with Crippen molar-refractivity contribution in [1.29, 1.82) is 0 Å². The second-order valence-corrected chi connectivity index (χ2v) is 17.8. The molecule has 0 aromatic carbocycles. The number of aliphatic hydroxyl groups is 1. The third-order valence-electron chi connectivity index (χ3n) is 11.4. The van der Waals surface area contributed by atoms with Gasteiger partial charge in [-0.2, -0.15) is 0 Å². The predicted molar refractivity (Wildman–Crippen MR) is 227 cm³/mol. The highest BCUT2D eigenvalue weighted by Gasteiger charge is 2.29. The average Bonchev–Trinajstić information content (AvgIpc) is 3.13. The predicted octanol–water partition coefficient (Wildman–Crippen LogP) is 13.4. The summed E-state index contributed by atoms with van der Waals surface area (Å²) in [6, 6.07) is 0. The van der Waals surface area contributed by atoms with Crippen LogP contribution in [0.25, 0.3) is 0 Å². The Morgan fingerprint density at radius 2 is 0.830 bits per heavy atom. The lowest BCUT2D eigenvalue weighted by atomic mass is 9.87. The van der Waals surface area contributed by atoms with Crippen LogP contribution in [0.5, 0.6) is 0 Å². The Kier molecular flexibility index (Phi) is 34.5. The fraction of sp³-hybridized carbons (Fsp3) is 0.957. The van der Waals surface area contributed by atoms with Crippen LogP contribution < -0.4 is 0 Å². The first-order chi connectivity index (χ1) is 25.5. The maximum atomic E-state index is 12.9. The number of carbonyl (C=O) groups excluding carboxylic acids is 2. The van der Waals surface area contributed by atoms with Crippen molar-refractivity contribution in [3.05, 3.63) is 0 Å². The number of aliphatic hydroxyl groups excluding tert-OH is 1. The van der Waals surface area contributed by atoms with Gasteiger partial charge in [-0.05, 0) is 111 Å². The van der Waals surface area contributed by atoms with E-state index in [2.05, 4.69) is 39.5 Å². The summed E-state index contributed by atoms with van der Waals surface area (Å²) in [4.78, 5) is 28.2. The van der Waals surface area contributed by atoms with Gasteiger partial charge in [0.05, 0.1) is 24.0 Å². The lowest BCUT2D eigenvalue weighted by Gasteiger charge is -2.24. The largest absolute Gasteiger partial charge is 0.465 e. The third kappa shape index (κ3) is 30.7. The van der Waals surface area contributed by atoms with Crippen molar-refractivity contribution in [2.45, 2.75) is 235 Å². The molecule has 0 aromatic heterocycles. The molecule has 1 N–H and O–H groups in total. The van der Waals surface area contributed by atoms with Crippen LogP contribution in [-0.2, 0) is 19.1 Å². The Morgan fingerprint density at radius 1 is 0.472 bits per heavy atom. The molecule has 0 aliphatic rings. The zero-order chi connectivity index (χ0) is 39.5. The Bertz CT molecular complexity index is 818. The van der Waals surface area contributed by atoms with E-state index in [1.807, 2.05) is 13.8 Å². The van der Waals surface area contributed by atoms with Crippen molar-refractivity contribution in [1.82, 2.24) is 4.90 Å². The number of hydrogen-bond acceptors (Lipinski definition) is 6. The molecular formula is C47H93NO5. The zero-order valence-corrected chi connectivity index (χ0v) is 36.9. The summed E-state index contributed by atoms with van der Waals surface area (Å²) in [7, 11) is 0. The minimum atomic E-state index is -0.416. The minimum absolute atomic E-state index is 0.0247. The van der Waals surface area contributed by atoms with Crippen LogP contribution >= 0.6 is 0 Å². The fourth-order valence-electron chi connectivity index (χ4n) is 7.45. The van der Waals surface area contributed by atoms with Crippen LogP contribution in [0.2, 0.25) is 0 Å². The molecule has 0 atom stereocenters. The highest BCUT2D eigenvalue weighted by molar-refractivity contribution is 5.76. The van der Waals surface area contributed by atoms with Gasteiger partial charge < -0.3 is 19.5 Å². The molecule has 0 amide bonds. The van der Waals surface area contributed by atoms with E-state index < -0.39 is 10.8 Å². The number of hydrogen-bond donors (Lipinski definition) is 1. The van der Waals surface area contributed by atoms with Gasteiger partial charge in [0, 0.05) is 6.61 Å². The molecule has 0 heterocycles. The van der Waals surface area contributed by atoms with E-state index in [1.165, 1.54) is 116 Å². The Labute approximate surface area is 331 Å². The monoisotopic (exact) mass is 752 g/mol. The molecule has 0 fully saturated rings. The summed E-state index contributed by atoms with van der Waals surface area (Å²) in [6.45, 7) is 19.6. The molecule has 0 saturated carbocycles. The van der Waals surface area contributed by atoms with Crippen molar-refractivity contribution < 1.29 is 24.2 Å². The topological polar surface area (TPSA) is 76.1 Å². The van der Waals surface area contributed by atoms with E-state index in [0.29, 0.717) is 13.2 Å². The first-order valence-electron chi connectivity index (χ1n) is 23.2. The third-order valence-corrected chi connectivity index (χ3v) is 11.4. The summed E-state index contributed by atoms with van der Waals surface area (Å²) in [5, 5.41) is 9.31. The van der Waals surface area contributed by atoms with Gasteiger partial charge in [0.15, 0.2) is 0 Å². The van der Waals surface area contributed by atoms with E-state index in [1.54, 1.807) is 0 Å². The molecule has 6 heteroatoms. The molecule has 0 unspecified atom stereocenters. The number of ether oxygens (including phenoxy) is 2. The van der Waals surface area contributed by atoms with Crippen molar-refractivity contribution in [2.24, 2.45) is 16.7 Å². The number of esters is 2. The smallest absolute Gasteiger partial charge is 0.311 e. The Hall–Kier alpha value is -1.14. The van der Waals surface area contributed by atoms with E-state index in [4.69, 9.17) is 9.47 Å². The van der Waals surface area contributed by atoms with E-state index >= 15 is 0 Å². The summed E-state index contributed by atoms with van der Waals surface area (Å²) >= 11 is 0. The molecule has 316 valence electrons. The SMILES string of the molecule is CCCCCCCCCOC(=O)C(C)(C)CCCCCCN(CCCCO)CCCCCCC(C)(C)C(=O)OCCCC(CCCCC)CCCCC. The normalized spacial score (nSPS) is 12.3. The second-order valence-electron chi connectivity index (χ2n) is 17.8. The summed E-state index contributed by atoms with van der Waals surface area (Å²) in [5.41, 5.74) is -0.821. The Morgan fingerprint density at radius 3 is 1.30 bits per heavy atom. The van der Waals surface area contributed by atoms with Gasteiger partial charge >= 0.3 is 11.9 Å². The summed E-state index contributed by atoms with van der Waals surface area (Å²) in [6.07, 6.45) is 34.2. The van der Waals surface area contributed by atoms with Crippen LogP contribution in [0.4, 0.5) is 0 Å². The van der Waals surface area contributed by atoms with Crippen LogP contribution in [0, 0.1) is 16.7 Å². The number of nitrogens with zero attached hydrogens (tertiary/aromatic N) is 1. The highest BCUT2D eigenvalue weighted by atomic mass is 16.5. The summed E-state index contributed by atoms with van der Waals surface area (Å²) in [5.74, 6) is 0.728. The lowest BCUT2D eigenvalue weighted by Crippen LogP contribution is -2.28. The van der Waals surface area contributed by atoms with Crippen LogP contribution in [-0.4, -0.2) is 61.4 Å². The van der Waals surface area contributed by atoms with E-state index in [0.717, 1.165) is 96.2 Å². The van der Waals surface area contributed by atoms with Crippen LogP contribution in [0.15, 0.2) is 0 Å². The number of carbonyl (C=O) groups is 2. The fourth-order valence-corrected chi connectivity index (χ4v) is 7.45. The molecule has 0 aromatic rings. The maximum absolute atomic E-state index is 12.9. The van der Waals surface area contributed by atoms with Gasteiger partial charge in [-0.3, -0.25) is 9.59 Å². The molecule has 0 rings (SSSR count). The number of unbranched alkanes of at least 4 members (excludes halogenated alkanes) is 17. The average molecular weight is 752 g/mol. The van der Waals surface area contributed by atoms with Crippen LogP contribution in [0.3, 0.4) is 0 Å². The van der Waals surface area contributed by atoms with Crippen molar-refractivity contribution in [3.63, 3.8) is 0 Å². The van der Waals surface area contributed by atoms with Gasteiger partial charge in [0.2, 0.25) is 0 Å². The standard InChI is InChI=1S/C47H93NO5/c1-8-11-14-15-16-21-30-41-52-44(50)46(4,5)35-24-17-19-26-37-48(39-28-29-40-49)38-27-20-18-25-36-47(6,7)45(51)53-42-31-34-43(32-22-12-9-2)33-23-13-10-3/h43,49H,8-42H2,1-7H3. The van der Waals surface area contributed by atoms with Crippen LogP contribution in [0.1, 0.15) is 235 Å². The molecule has 6 nitrogen and oxygen atoms in total. The molecule has 0 radical (unpaired) electrons. The zero-order valence-electron chi connectivity index (χ0n) is 36.9. The van der Waals surface area contributed by atoms with Gasteiger partial charge in [-0.25, -0.2) is 0 Å². The minimum Gasteiger partial charge on any atom is -0.465 e. The Balaban J connectivity index is 4.26. The first-order valence-corrected chi connectivity index (χ1v) is 23.2. The molecule has 0 aliphatic heterocycles. The quantitative estimate of drug-likeness (QED) is 0.0496. The van der Waals surface area contributed by atoms with Gasteiger partial charge in [0.1, 0.15) is 0 Å². The van der Waals surface area contributed by atoms with Crippen molar-refractivity contribution >= 4 is 11.9 Å². The molecular weight excluding hydrogens is 659 g/mol. The van der Waals surface area contributed by atoms with Gasteiger partial charge in [-0.1, -0.05) is 149 Å². The molecule has 0 saturated heterocycles. The highest BCUT2D eigenvalue weighted by Crippen LogP contribution is 2.28. The molecule has 0 aliphatic carbocycles. The first kappa shape index (κ1) is 51.9. The maximum Gasteiger partial charge on any atom is 0.311 e. The molecule has 0 spiro atoms. The summed E-state index contributed by atoms with van der Waals surface area (Å²) < 4.78 is 11.4. The van der Waals surface area contributed by atoms with Crippen molar-refractivity contribution in [2.75, 3.05) is 39.5 Å². The van der Waals surface area contributed by atoms with E-state index in [9.17, 15) is 14.7 Å².